The summed E-state index contributed by atoms with van der Waals surface area (Å²) in [6, 6.07) is 0.333. The first-order chi connectivity index (χ1) is 4.83. The summed E-state index contributed by atoms with van der Waals surface area (Å²) >= 11 is 0. The zero-order chi connectivity index (χ0) is 7.40. The van der Waals surface area contributed by atoms with E-state index in [0.29, 0.717) is 6.04 Å². The third kappa shape index (κ3) is 1.99. The Balaban J connectivity index is 2.18. The predicted molar refractivity (Wildman–Crippen MR) is 41.1 cm³/mol. The van der Waals surface area contributed by atoms with Gasteiger partial charge in [-0.15, -0.1) is 0 Å². The molecule has 2 N–H and O–H groups in total. The lowest BCUT2D eigenvalue weighted by molar-refractivity contribution is 0.134. The molecule has 0 fully saturated rings. The van der Waals surface area contributed by atoms with E-state index in [4.69, 9.17) is 10.5 Å². The summed E-state index contributed by atoms with van der Waals surface area (Å²) in [5.41, 5.74) is 5.49. The highest BCUT2D eigenvalue weighted by atomic mass is 16.5. The molecule has 1 rings (SSSR count). The monoisotopic (exact) mass is 142 g/mol. The van der Waals surface area contributed by atoms with Crippen molar-refractivity contribution in [3.05, 3.63) is 0 Å². The molecule has 10 heavy (non-hydrogen) atoms. The van der Waals surface area contributed by atoms with E-state index in [1.165, 1.54) is 0 Å². The summed E-state index contributed by atoms with van der Waals surface area (Å²) in [4.78, 5) is 4.20. The molecule has 3 nitrogen and oxygen atoms in total. The zero-order valence-electron chi connectivity index (χ0n) is 6.34. The molecule has 0 aromatic heterocycles. The molecule has 0 unspecified atom stereocenters. The first kappa shape index (κ1) is 7.54. The fraction of sp³-hybridized carbons (Fsp3) is 0.857. The van der Waals surface area contributed by atoms with Crippen LogP contribution in [0.3, 0.4) is 0 Å². The number of nitrogens with two attached hydrogens (primary N) is 1. The van der Waals surface area contributed by atoms with Crippen molar-refractivity contribution in [2.75, 3.05) is 13.2 Å². The molecule has 0 aromatic rings. The minimum absolute atomic E-state index is 0.333. The molecule has 58 valence electrons. The Bertz CT molecular complexity index is 134. The Hall–Kier alpha value is -0.570. The van der Waals surface area contributed by atoms with Crippen LogP contribution in [0.25, 0.3) is 0 Å². The van der Waals surface area contributed by atoms with E-state index >= 15 is 0 Å². The lowest BCUT2D eigenvalue weighted by Crippen LogP contribution is -2.10. The molecule has 0 aliphatic carbocycles. The van der Waals surface area contributed by atoms with E-state index in [1.54, 1.807) is 0 Å². The second kappa shape index (κ2) is 3.56. The highest BCUT2D eigenvalue weighted by molar-refractivity contribution is 5.82. The molecule has 0 amide bonds. The van der Waals surface area contributed by atoms with E-state index < -0.39 is 0 Å². The smallest absolute Gasteiger partial charge is 0.0942 e. The van der Waals surface area contributed by atoms with Crippen molar-refractivity contribution < 1.29 is 4.74 Å². The maximum atomic E-state index is 5.49. The molecule has 1 aliphatic heterocycles. The normalized spacial score (nSPS) is 24.9. The molecule has 3 heteroatoms. The minimum Gasteiger partial charge on any atom is -0.387 e. The van der Waals surface area contributed by atoms with Gasteiger partial charge >= 0.3 is 0 Å². The van der Waals surface area contributed by atoms with Crippen LogP contribution in [-0.4, -0.2) is 25.1 Å². The highest BCUT2D eigenvalue weighted by Gasteiger charge is 2.14. The summed E-state index contributed by atoms with van der Waals surface area (Å²) < 4.78 is 5.20. The average molecular weight is 142 g/mol. The molecule has 0 spiro atoms. The lowest BCUT2D eigenvalue weighted by atomic mass is 10.2. The van der Waals surface area contributed by atoms with Gasteiger partial charge in [-0.1, -0.05) is 0 Å². The van der Waals surface area contributed by atoms with Crippen LogP contribution in [0, 0.1) is 0 Å². The van der Waals surface area contributed by atoms with Crippen LogP contribution in [0.5, 0.6) is 0 Å². The Morgan fingerprint density at radius 1 is 1.80 bits per heavy atom. The van der Waals surface area contributed by atoms with E-state index in [1.807, 2.05) is 6.92 Å². The van der Waals surface area contributed by atoms with Gasteiger partial charge in [-0.3, -0.25) is 4.99 Å². The Labute approximate surface area is 61.3 Å². The van der Waals surface area contributed by atoms with Crippen molar-refractivity contribution in [2.45, 2.75) is 25.8 Å². The Kier molecular flexibility index (Phi) is 2.68. The number of ether oxygens (including phenoxy) is 1. The van der Waals surface area contributed by atoms with Gasteiger partial charge in [-0.2, -0.15) is 0 Å². The van der Waals surface area contributed by atoms with Crippen molar-refractivity contribution in [2.24, 2.45) is 10.7 Å². The number of nitrogens with zero attached hydrogens (tertiary/aromatic N) is 1. The van der Waals surface area contributed by atoms with Gasteiger partial charge in [0.25, 0.3) is 0 Å². The molecule has 1 atom stereocenters. The predicted octanol–water partition coefficient (Wildman–Crippen LogP) is 0.543. The quantitative estimate of drug-likeness (QED) is 0.625. The zero-order valence-corrected chi connectivity index (χ0v) is 6.34. The van der Waals surface area contributed by atoms with Crippen molar-refractivity contribution in [1.82, 2.24) is 0 Å². The van der Waals surface area contributed by atoms with Crippen molar-refractivity contribution in [1.29, 1.82) is 0 Å². The maximum Gasteiger partial charge on any atom is 0.0942 e. The van der Waals surface area contributed by atoms with Crippen LogP contribution in [0.1, 0.15) is 19.8 Å². The molecular formula is C7H14N2O. The van der Waals surface area contributed by atoms with E-state index in [2.05, 4.69) is 4.99 Å². The van der Waals surface area contributed by atoms with E-state index in [9.17, 15) is 0 Å². The number of hydrogen-bond donors (Lipinski definition) is 1. The third-order valence-corrected chi connectivity index (χ3v) is 1.60. The molecule has 0 saturated carbocycles. The summed E-state index contributed by atoms with van der Waals surface area (Å²) in [6.45, 7) is 3.49. The average Bonchev–Trinajstić information content (AvgIpc) is 2.31. The number of hydrogen-bond acceptors (Lipinski definition) is 3. The SMILES string of the molecule is CCOC[C@@H]1CCC(N)=N1. The summed E-state index contributed by atoms with van der Waals surface area (Å²) in [5.74, 6) is 0.782. The second-order valence-corrected chi connectivity index (χ2v) is 2.47. The molecule has 0 aromatic carbocycles. The van der Waals surface area contributed by atoms with Crippen LogP contribution in [-0.2, 0) is 4.74 Å². The molecule has 0 radical (unpaired) electrons. The van der Waals surface area contributed by atoms with Crippen molar-refractivity contribution in [3.8, 4) is 0 Å². The van der Waals surface area contributed by atoms with Crippen LogP contribution < -0.4 is 5.73 Å². The fourth-order valence-corrected chi connectivity index (χ4v) is 1.05. The molecular weight excluding hydrogens is 128 g/mol. The molecule has 0 bridgehead atoms. The van der Waals surface area contributed by atoms with Crippen LogP contribution >= 0.6 is 0 Å². The van der Waals surface area contributed by atoms with Crippen molar-refractivity contribution >= 4 is 5.84 Å². The third-order valence-electron chi connectivity index (χ3n) is 1.60. The fourth-order valence-electron chi connectivity index (χ4n) is 1.05. The second-order valence-electron chi connectivity index (χ2n) is 2.47. The van der Waals surface area contributed by atoms with Gasteiger partial charge in [-0.25, -0.2) is 0 Å². The topological polar surface area (TPSA) is 47.6 Å². The van der Waals surface area contributed by atoms with E-state index in [0.717, 1.165) is 31.9 Å². The summed E-state index contributed by atoms with van der Waals surface area (Å²) in [6.07, 6.45) is 2.00. The highest BCUT2D eigenvalue weighted by Crippen LogP contribution is 2.10. The van der Waals surface area contributed by atoms with Gasteiger partial charge in [-0.05, 0) is 13.3 Å². The summed E-state index contributed by atoms with van der Waals surface area (Å²) in [7, 11) is 0. The molecule has 1 heterocycles. The number of amidine groups is 1. The minimum atomic E-state index is 0.333. The van der Waals surface area contributed by atoms with Crippen LogP contribution in [0.15, 0.2) is 4.99 Å². The number of aliphatic imine (C=N–C) groups is 1. The standard InChI is InChI=1S/C7H14N2O/c1-2-10-5-6-3-4-7(8)9-6/h6H,2-5H2,1H3,(H2,8,9)/t6-/m0/s1. The molecule has 1 aliphatic rings. The van der Waals surface area contributed by atoms with Gasteiger partial charge in [0.2, 0.25) is 0 Å². The van der Waals surface area contributed by atoms with Crippen molar-refractivity contribution in [3.63, 3.8) is 0 Å². The Morgan fingerprint density at radius 3 is 3.10 bits per heavy atom. The van der Waals surface area contributed by atoms with Gasteiger partial charge in [0.1, 0.15) is 0 Å². The lowest BCUT2D eigenvalue weighted by Gasteiger charge is -2.04. The van der Waals surface area contributed by atoms with Gasteiger partial charge in [0.15, 0.2) is 0 Å². The van der Waals surface area contributed by atoms with Crippen LogP contribution in [0.2, 0.25) is 0 Å². The maximum absolute atomic E-state index is 5.49. The van der Waals surface area contributed by atoms with Gasteiger partial charge in [0.05, 0.1) is 18.5 Å². The van der Waals surface area contributed by atoms with E-state index in [-0.39, 0.29) is 0 Å². The largest absolute Gasteiger partial charge is 0.387 e. The first-order valence-electron chi connectivity index (χ1n) is 3.72. The first-order valence-corrected chi connectivity index (χ1v) is 3.72. The van der Waals surface area contributed by atoms with Gasteiger partial charge in [0, 0.05) is 13.0 Å². The summed E-state index contributed by atoms with van der Waals surface area (Å²) in [5, 5.41) is 0. The Morgan fingerprint density at radius 2 is 2.60 bits per heavy atom. The number of rotatable bonds is 3. The van der Waals surface area contributed by atoms with Gasteiger partial charge < -0.3 is 10.5 Å². The molecule has 0 saturated heterocycles. The van der Waals surface area contributed by atoms with Crippen LogP contribution in [0.4, 0.5) is 0 Å².